The predicted molar refractivity (Wildman–Crippen MR) is 66.5 cm³/mol. The first-order valence-electron chi connectivity index (χ1n) is 6.05. The van der Waals surface area contributed by atoms with E-state index in [0.717, 1.165) is 25.2 Å². The van der Waals surface area contributed by atoms with Crippen LogP contribution in [0.15, 0.2) is 12.1 Å². The van der Waals surface area contributed by atoms with Crippen LogP contribution in [0.4, 0.5) is 10.1 Å². The first-order chi connectivity index (χ1) is 8.20. The van der Waals surface area contributed by atoms with E-state index < -0.39 is 5.82 Å². The minimum Gasteiger partial charge on any atom is -0.496 e. The third-order valence-corrected chi connectivity index (χ3v) is 3.24. The van der Waals surface area contributed by atoms with Gasteiger partial charge in [0.1, 0.15) is 11.6 Å². The van der Waals surface area contributed by atoms with Gasteiger partial charge in [-0.15, -0.1) is 0 Å². The molecule has 0 spiro atoms. The maximum absolute atomic E-state index is 13.3. The number of anilines is 1. The normalized spacial score (nSPS) is 17.1. The molecule has 3 nitrogen and oxygen atoms in total. The van der Waals surface area contributed by atoms with Gasteiger partial charge >= 0.3 is 0 Å². The average Bonchev–Trinajstić information content (AvgIpc) is 2.35. The van der Waals surface area contributed by atoms with Crippen molar-refractivity contribution in [1.29, 1.82) is 0 Å². The lowest BCUT2D eigenvalue weighted by Crippen LogP contribution is -2.29. The number of halogens is 1. The first-order valence-corrected chi connectivity index (χ1v) is 6.05. The van der Waals surface area contributed by atoms with Crippen LogP contribution >= 0.6 is 0 Å². The molecule has 1 aliphatic rings. The second-order valence-electron chi connectivity index (χ2n) is 4.52. The lowest BCUT2D eigenvalue weighted by molar-refractivity contribution is 0.218. The van der Waals surface area contributed by atoms with Gasteiger partial charge in [0.25, 0.3) is 0 Å². The molecule has 2 N–H and O–H groups in total. The van der Waals surface area contributed by atoms with E-state index >= 15 is 0 Å². The molecule has 1 aromatic carbocycles. The number of hydrogen-bond acceptors (Lipinski definition) is 3. The molecule has 94 valence electrons. The summed E-state index contributed by atoms with van der Waals surface area (Å²) in [5.41, 5.74) is 6.76. The van der Waals surface area contributed by atoms with Crippen LogP contribution in [-0.2, 0) is 6.54 Å². The zero-order chi connectivity index (χ0) is 12.3. The first kappa shape index (κ1) is 12.2. The molecule has 0 aliphatic carbocycles. The number of methoxy groups -OCH3 is 1. The minimum atomic E-state index is -0.413. The summed E-state index contributed by atoms with van der Waals surface area (Å²) in [7, 11) is 1.56. The molecule has 0 amide bonds. The van der Waals surface area contributed by atoms with Crippen LogP contribution < -0.4 is 10.5 Å². The average molecular weight is 238 g/mol. The fourth-order valence-electron chi connectivity index (χ4n) is 2.29. The van der Waals surface area contributed by atoms with Gasteiger partial charge in [-0.1, -0.05) is 6.42 Å². The highest BCUT2D eigenvalue weighted by Gasteiger charge is 2.14. The van der Waals surface area contributed by atoms with Crippen molar-refractivity contribution in [2.24, 2.45) is 0 Å². The molecule has 1 heterocycles. The number of hydrogen-bond donors (Lipinski definition) is 1. The zero-order valence-electron chi connectivity index (χ0n) is 10.2. The molecule has 1 saturated heterocycles. The van der Waals surface area contributed by atoms with Crippen molar-refractivity contribution in [3.05, 3.63) is 23.5 Å². The van der Waals surface area contributed by atoms with Crippen LogP contribution in [0, 0.1) is 5.82 Å². The van der Waals surface area contributed by atoms with Crippen molar-refractivity contribution in [3.8, 4) is 5.75 Å². The van der Waals surface area contributed by atoms with Gasteiger partial charge in [-0.25, -0.2) is 4.39 Å². The van der Waals surface area contributed by atoms with Crippen molar-refractivity contribution < 1.29 is 9.13 Å². The highest BCUT2D eigenvalue weighted by Crippen LogP contribution is 2.26. The minimum absolute atomic E-state index is 0.192. The van der Waals surface area contributed by atoms with Crippen LogP contribution in [0.2, 0.25) is 0 Å². The predicted octanol–water partition coefficient (Wildman–Crippen LogP) is 2.40. The molecule has 1 aliphatic heterocycles. The smallest absolute Gasteiger partial charge is 0.149 e. The molecule has 1 fully saturated rings. The summed E-state index contributed by atoms with van der Waals surface area (Å²) in [6, 6.07) is 3.05. The summed E-state index contributed by atoms with van der Waals surface area (Å²) < 4.78 is 18.5. The Kier molecular flexibility index (Phi) is 3.84. The Hall–Kier alpha value is -1.29. The Balaban J connectivity index is 2.15. The Morgan fingerprint density at radius 3 is 2.65 bits per heavy atom. The summed E-state index contributed by atoms with van der Waals surface area (Å²) in [5.74, 6) is 0.173. The monoisotopic (exact) mass is 238 g/mol. The fourth-order valence-corrected chi connectivity index (χ4v) is 2.29. The maximum Gasteiger partial charge on any atom is 0.149 e. The number of benzene rings is 1. The van der Waals surface area contributed by atoms with Crippen molar-refractivity contribution >= 4 is 5.69 Å². The summed E-state index contributed by atoms with van der Waals surface area (Å²) in [6.45, 7) is 2.98. The van der Waals surface area contributed by atoms with E-state index in [1.807, 2.05) is 0 Å². The van der Waals surface area contributed by atoms with Crippen LogP contribution in [0.3, 0.4) is 0 Å². The Morgan fingerprint density at radius 1 is 1.29 bits per heavy atom. The van der Waals surface area contributed by atoms with Gasteiger partial charge in [0, 0.05) is 18.2 Å². The molecule has 17 heavy (non-hydrogen) atoms. The van der Waals surface area contributed by atoms with Crippen LogP contribution in [-0.4, -0.2) is 25.1 Å². The SMILES string of the molecule is COc1cc(F)c(N)cc1CN1CCCCC1. The van der Waals surface area contributed by atoms with Gasteiger partial charge in [0.2, 0.25) is 0 Å². The Morgan fingerprint density at radius 2 is 2.00 bits per heavy atom. The molecule has 0 radical (unpaired) electrons. The number of ether oxygens (including phenoxy) is 1. The Labute approximate surface area is 101 Å². The molecule has 0 saturated carbocycles. The summed E-state index contributed by atoms with van der Waals surface area (Å²) in [4.78, 5) is 2.36. The van der Waals surface area contributed by atoms with E-state index in [1.165, 1.54) is 25.3 Å². The number of piperidine rings is 1. The third-order valence-electron chi connectivity index (χ3n) is 3.24. The molecule has 4 heteroatoms. The third kappa shape index (κ3) is 2.88. The summed E-state index contributed by atoms with van der Waals surface area (Å²) in [5, 5.41) is 0. The van der Waals surface area contributed by atoms with E-state index in [0.29, 0.717) is 5.75 Å². The molecular formula is C13H19FN2O. The number of nitrogen functional groups attached to an aromatic ring is 1. The highest BCUT2D eigenvalue weighted by molar-refractivity contribution is 5.49. The van der Waals surface area contributed by atoms with Crippen LogP contribution in [0.5, 0.6) is 5.75 Å². The van der Waals surface area contributed by atoms with E-state index in [-0.39, 0.29) is 5.69 Å². The lowest BCUT2D eigenvalue weighted by Gasteiger charge is -2.27. The van der Waals surface area contributed by atoms with E-state index in [4.69, 9.17) is 10.5 Å². The van der Waals surface area contributed by atoms with Gasteiger partial charge in [-0.05, 0) is 32.0 Å². The van der Waals surface area contributed by atoms with Gasteiger partial charge < -0.3 is 10.5 Å². The molecule has 2 rings (SSSR count). The van der Waals surface area contributed by atoms with E-state index in [2.05, 4.69) is 4.90 Å². The standard InChI is InChI=1S/C13H19FN2O/c1-17-13-8-11(14)12(15)7-10(13)9-16-5-3-2-4-6-16/h7-8H,2-6,9,15H2,1H3. The van der Waals surface area contributed by atoms with Gasteiger partial charge in [0.15, 0.2) is 0 Å². The molecular weight excluding hydrogens is 219 g/mol. The highest BCUT2D eigenvalue weighted by atomic mass is 19.1. The van der Waals surface area contributed by atoms with Gasteiger partial charge in [0.05, 0.1) is 12.8 Å². The zero-order valence-corrected chi connectivity index (χ0v) is 10.2. The summed E-state index contributed by atoms with van der Waals surface area (Å²) in [6.07, 6.45) is 3.77. The van der Waals surface area contributed by atoms with Gasteiger partial charge in [-0.2, -0.15) is 0 Å². The fraction of sp³-hybridized carbons (Fsp3) is 0.538. The van der Waals surface area contributed by atoms with Crippen molar-refractivity contribution in [3.63, 3.8) is 0 Å². The molecule has 0 unspecified atom stereocenters. The van der Waals surface area contributed by atoms with Crippen LogP contribution in [0.1, 0.15) is 24.8 Å². The topological polar surface area (TPSA) is 38.5 Å². The summed E-state index contributed by atoms with van der Waals surface area (Å²) >= 11 is 0. The van der Waals surface area contributed by atoms with Crippen molar-refractivity contribution in [2.45, 2.75) is 25.8 Å². The molecule has 0 bridgehead atoms. The van der Waals surface area contributed by atoms with Crippen molar-refractivity contribution in [2.75, 3.05) is 25.9 Å². The number of rotatable bonds is 3. The number of nitrogens with two attached hydrogens (primary N) is 1. The lowest BCUT2D eigenvalue weighted by atomic mass is 10.1. The van der Waals surface area contributed by atoms with Gasteiger partial charge in [-0.3, -0.25) is 4.90 Å². The second kappa shape index (κ2) is 5.36. The molecule has 0 atom stereocenters. The second-order valence-corrected chi connectivity index (χ2v) is 4.52. The van der Waals surface area contributed by atoms with E-state index in [9.17, 15) is 4.39 Å². The molecule has 1 aromatic rings. The van der Waals surface area contributed by atoms with Crippen LogP contribution in [0.25, 0.3) is 0 Å². The van der Waals surface area contributed by atoms with E-state index in [1.54, 1.807) is 13.2 Å². The number of nitrogens with zero attached hydrogens (tertiary/aromatic N) is 1. The molecule has 0 aromatic heterocycles. The Bertz CT molecular complexity index is 389. The quantitative estimate of drug-likeness (QED) is 0.822. The largest absolute Gasteiger partial charge is 0.496 e. The van der Waals surface area contributed by atoms with Crippen molar-refractivity contribution in [1.82, 2.24) is 4.90 Å². The maximum atomic E-state index is 13.3. The number of likely N-dealkylation sites (tertiary alicyclic amines) is 1.